The van der Waals surface area contributed by atoms with Crippen molar-refractivity contribution in [2.45, 2.75) is 12.3 Å². The van der Waals surface area contributed by atoms with E-state index in [1.807, 2.05) is 0 Å². The maximum Gasteiger partial charge on any atom is 0.138 e. The second-order valence-corrected chi connectivity index (χ2v) is 5.58. The Bertz CT molecular complexity index is 502. The largest absolute Gasteiger partial charge is 0.383 e. The molecule has 0 aliphatic heterocycles. The SMILES string of the molecule is COCC(Cl)CNc1ncnc2sc(C)cc12. The van der Waals surface area contributed by atoms with Gasteiger partial charge in [-0.3, -0.25) is 0 Å². The molecule has 2 aromatic rings. The quantitative estimate of drug-likeness (QED) is 0.850. The van der Waals surface area contributed by atoms with Crippen LogP contribution in [0.25, 0.3) is 10.2 Å². The fourth-order valence-electron chi connectivity index (χ4n) is 1.56. The molecule has 1 N–H and O–H groups in total. The average Bonchev–Trinajstić information content (AvgIpc) is 2.67. The van der Waals surface area contributed by atoms with Gasteiger partial charge in [-0.1, -0.05) is 0 Å². The third-order valence-electron chi connectivity index (χ3n) is 2.29. The standard InChI is InChI=1S/C11H14ClN3OS/c1-7-3-9-10(13-4-8(12)5-16-2)14-6-15-11(9)17-7/h3,6,8H,4-5H2,1-2H3,(H,13,14,15). The molecule has 0 aromatic carbocycles. The lowest BCUT2D eigenvalue weighted by molar-refractivity contribution is 0.200. The smallest absolute Gasteiger partial charge is 0.138 e. The number of halogens is 1. The predicted octanol–water partition coefficient (Wildman–Crippen LogP) is 2.67. The van der Waals surface area contributed by atoms with E-state index in [9.17, 15) is 0 Å². The van der Waals surface area contributed by atoms with E-state index in [0.717, 1.165) is 16.0 Å². The molecule has 0 saturated heterocycles. The molecule has 0 aliphatic rings. The number of hydrogen-bond acceptors (Lipinski definition) is 5. The van der Waals surface area contributed by atoms with Gasteiger partial charge in [0.25, 0.3) is 0 Å². The molecular weight excluding hydrogens is 258 g/mol. The minimum absolute atomic E-state index is 0.0650. The summed E-state index contributed by atoms with van der Waals surface area (Å²) >= 11 is 7.72. The number of aryl methyl sites for hydroxylation is 1. The van der Waals surface area contributed by atoms with Gasteiger partial charge in [-0.2, -0.15) is 0 Å². The van der Waals surface area contributed by atoms with Gasteiger partial charge in [0.15, 0.2) is 0 Å². The Kier molecular flexibility index (Phi) is 4.15. The second kappa shape index (κ2) is 5.62. The highest BCUT2D eigenvalue weighted by molar-refractivity contribution is 7.18. The van der Waals surface area contributed by atoms with Crippen molar-refractivity contribution in [1.82, 2.24) is 9.97 Å². The van der Waals surface area contributed by atoms with Gasteiger partial charge in [0.2, 0.25) is 0 Å². The minimum Gasteiger partial charge on any atom is -0.383 e. The first kappa shape index (κ1) is 12.5. The van der Waals surface area contributed by atoms with Crippen molar-refractivity contribution in [2.24, 2.45) is 0 Å². The van der Waals surface area contributed by atoms with Crippen LogP contribution in [-0.2, 0) is 4.74 Å². The van der Waals surface area contributed by atoms with Gasteiger partial charge in [-0.15, -0.1) is 22.9 Å². The number of anilines is 1. The molecule has 2 heterocycles. The Balaban J connectivity index is 2.12. The minimum atomic E-state index is -0.0650. The lowest BCUT2D eigenvalue weighted by Gasteiger charge is -2.10. The van der Waals surface area contributed by atoms with Crippen molar-refractivity contribution in [3.05, 3.63) is 17.3 Å². The van der Waals surface area contributed by atoms with Crippen LogP contribution in [0.2, 0.25) is 0 Å². The van der Waals surface area contributed by atoms with Crippen LogP contribution in [0, 0.1) is 6.92 Å². The van der Waals surface area contributed by atoms with E-state index in [1.54, 1.807) is 24.8 Å². The van der Waals surface area contributed by atoms with E-state index >= 15 is 0 Å². The number of nitrogens with one attached hydrogen (secondary N) is 1. The molecule has 92 valence electrons. The van der Waals surface area contributed by atoms with Crippen molar-refractivity contribution in [3.8, 4) is 0 Å². The number of thiophene rings is 1. The molecule has 17 heavy (non-hydrogen) atoms. The zero-order valence-corrected chi connectivity index (χ0v) is 11.3. The fourth-order valence-corrected chi connectivity index (χ4v) is 2.61. The van der Waals surface area contributed by atoms with Crippen molar-refractivity contribution < 1.29 is 4.74 Å². The number of aromatic nitrogens is 2. The molecule has 0 amide bonds. The highest BCUT2D eigenvalue weighted by atomic mass is 35.5. The van der Waals surface area contributed by atoms with Gasteiger partial charge >= 0.3 is 0 Å². The van der Waals surface area contributed by atoms with Gasteiger partial charge in [0.1, 0.15) is 17.0 Å². The molecule has 2 rings (SSSR count). The summed E-state index contributed by atoms with van der Waals surface area (Å²) in [5.41, 5.74) is 0. The Morgan fingerprint density at radius 1 is 1.53 bits per heavy atom. The van der Waals surface area contributed by atoms with Crippen LogP contribution in [0.3, 0.4) is 0 Å². The first-order valence-corrected chi connectivity index (χ1v) is 6.54. The summed E-state index contributed by atoms with van der Waals surface area (Å²) in [4.78, 5) is 10.7. The van der Waals surface area contributed by atoms with E-state index < -0.39 is 0 Å². The first-order valence-electron chi connectivity index (χ1n) is 5.28. The molecule has 0 bridgehead atoms. The van der Waals surface area contributed by atoms with Crippen LogP contribution in [-0.4, -0.2) is 35.6 Å². The summed E-state index contributed by atoms with van der Waals surface area (Å²) in [7, 11) is 1.64. The molecule has 1 unspecified atom stereocenters. The van der Waals surface area contributed by atoms with Crippen LogP contribution in [0.15, 0.2) is 12.4 Å². The summed E-state index contributed by atoms with van der Waals surface area (Å²) in [6, 6.07) is 2.09. The number of methoxy groups -OCH3 is 1. The third-order valence-corrected chi connectivity index (χ3v) is 3.53. The van der Waals surface area contributed by atoms with Crippen LogP contribution >= 0.6 is 22.9 Å². The fraction of sp³-hybridized carbons (Fsp3) is 0.455. The van der Waals surface area contributed by atoms with E-state index in [-0.39, 0.29) is 5.38 Å². The van der Waals surface area contributed by atoms with Gasteiger partial charge in [0, 0.05) is 18.5 Å². The molecule has 6 heteroatoms. The van der Waals surface area contributed by atoms with Crippen molar-refractivity contribution in [1.29, 1.82) is 0 Å². The molecule has 0 saturated carbocycles. The summed E-state index contributed by atoms with van der Waals surface area (Å²) in [5, 5.41) is 4.22. The lowest BCUT2D eigenvalue weighted by Crippen LogP contribution is -2.19. The van der Waals surface area contributed by atoms with E-state index in [2.05, 4.69) is 28.3 Å². The zero-order chi connectivity index (χ0) is 12.3. The van der Waals surface area contributed by atoms with E-state index in [0.29, 0.717) is 13.2 Å². The highest BCUT2D eigenvalue weighted by Crippen LogP contribution is 2.27. The Morgan fingerprint density at radius 3 is 3.12 bits per heavy atom. The third kappa shape index (κ3) is 3.06. The molecule has 0 aliphatic carbocycles. The number of nitrogens with zero attached hydrogens (tertiary/aromatic N) is 2. The topological polar surface area (TPSA) is 47.0 Å². The van der Waals surface area contributed by atoms with Gasteiger partial charge < -0.3 is 10.1 Å². The Hall–Kier alpha value is -0.910. The van der Waals surface area contributed by atoms with Gasteiger partial charge in [0.05, 0.1) is 17.4 Å². The molecule has 4 nitrogen and oxygen atoms in total. The number of fused-ring (bicyclic) bond motifs is 1. The van der Waals surface area contributed by atoms with Crippen molar-refractivity contribution in [3.63, 3.8) is 0 Å². The number of rotatable bonds is 5. The summed E-state index contributed by atoms with van der Waals surface area (Å²) < 4.78 is 4.98. The maximum absolute atomic E-state index is 6.06. The Morgan fingerprint density at radius 2 is 2.35 bits per heavy atom. The Labute approximate surface area is 109 Å². The van der Waals surface area contributed by atoms with E-state index in [1.165, 1.54) is 4.88 Å². The number of alkyl halides is 1. The van der Waals surface area contributed by atoms with E-state index in [4.69, 9.17) is 16.3 Å². The lowest BCUT2D eigenvalue weighted by atomic mass is 10.3. The monoisotopic (exact) mass is 271 g/mol. The second-order valence-electron chi connectivity index (χ2n) is 3.73. The summed E-state index contributed by atoms with van der Waals surface area (Å²) in [6.07, 6.45) is 1.57. The summed E-state index contributed by atoms with van der Waals surface area (Å²) in [6.45, 7) is 3.20. The van der Waals surface area contributed by atoms with Crippen LogP contribution in [0.4, 0.5) is 5.82 Å². The molecule has 2 aromatic heterocycles. The molecular formula is C11H14ClN3OS. The number of ether oxygens (including phenoxy) is 1. The van der Waals surface area contributed by atoms with Crippen LogP contribution in [0.1, 0.15) is 4.88 Å². The molecule has 0 fully saturated rings. The zero-order valence-electron chi connectivity index (χ0n) is 9.74. The molecule has 1 atom stereocenters. The van der Waals surface area contributed by atoms with Gasteiger partial charge in [-0.05, 0) is 13.0 Å². The molecule has 0 radical (unpaired) electrons. The first-order chi connectivity index (χ1) is 8.20. The number of hydrogen-bond donors (Lipinski definition) is 1. The highest BCUT2D eigenvalue weighted by Gasteiger charge is 2.08. The maximum atomic E-state index is 6.06. The van der Waals surface area contributed by atoms with Crippen LogP contribution < -0.4 is 5.32 Å². The van der Waals surface area contributed by atoms with Crippen LogP contribution in [0.5, 0.6) is 0 Å². The van der Waals surface area contributed by atoms with Crippen molar-refractivity contribution >= 4 is 39.0 Å². The molecule has 0 spiro atoms. The normalized spacial score (nSPS) is 12.9. The van der Waals surface area contributed by atoms with Crippen molar-refractivity contribution in [2.75, 3.05) is 25.6 Å². The average molecular weight is 272 g/mol. The predicted molar refractivity (Wildman–Crippen MR) is 72.2 cm³/mol. The summed E-state index contributed by atoms with van der Waals surface area (Å²) in [5.74, 6) is 0.834. The van der Waals surface area contributed by atoms with Gasteiger partial charge in [-0.25, -0.2) is 9.97 Å².